The maximum atomic E-state index is 11.0. The normalized spacial score (nSPS) is 53.7. The first kappa shape index (κ1) is 27.0. The molecule has 33 heavy (non-hydrogen) atoms. The minimum Gasteiger partial charge on any atom is -0.394 e. The number of aliphatic hydroxyl groups excluding tert-OH is 6. The molecule has 3 rings (SSSR count). The maximum absolute atomic E-state index is 11.0. The van der Waals surface area contributed by atoms with Crippen LogP contribution in [0.3, 0.4) is 0 Å². The van der Waals surface area contributed by atoms with E-state index in [0.29, 0.717) is 0 Å². The summed E-state index contributed by atoms with van der Waals surface area (Å²) < 4.78 is 22.5. The van der Waals surface area contributed by atoms with Gasteiger partial charge in [0.15, 0.2) is 12.6 Å². The Morgan fingerprint density at radius 2 is 1.21 bits per heavy atom. The van der Waals surface area contributed by atoms with E-state index < -0.39 is 98.3 Å². The van der Waals surface area contributed by atoms with Crippen LogP contribution in [-0.4, -0.2) is 135 Å². The predicted octanol–water partition coefficient (Wildman–Crippen LogP) is -7.33. The average molecular weight is 484 g/mol. The molecule has 7 unspecified atom stereocenters. The second kappa shape index (κ2) is 11.0. The SMILES string of the molecule is NCC1O[C@H](OC2C(N)CC(N)[C@@H](O[C@@H]3OC(CO)[C@H](O)C(N)[C@@H]3O)[C@H]2O)[C@@H](N)C(O)[C@@H]1O. The summed E-state index contributed by atoms with van der Waals surface area (Å²) in [6, 6.07) is -3.92. The van der Waals surface area contributed by atoms with Gasteiger partial charge in [0, 0.05) is 18.6 Å². The predicted molar refractivity (Wildman–Crippen MR) is 110 cm³/mol. The summed E-state index contributed by atoms with van der Waals surface area (Å²) in [5.41, 5.74) is 29.6. The molecule has 1 saturated carbocycles. The summed E-state index contributed by atoms with van der Waals surface area (Å²) in [6.45, 7) is -0.694. The number of ether oxygens (including phenoxy) is 4. The Hall–Kier alpha value is -0.600. The fraction of sp³-hybridized carbons (Fsp3) is 1.00. The summed E-state index contributed by atoms with van der Waals surface area (Å²) in [4.78, 5) is 0. The standard InChI is InChI=1S/C18H37N5O10/c19-2-6-11(26)12(27)9(23)17(30-6)32-15-4(20)1-5(21)16(14(15)29)33-18-13(28)8(22)10(25)7(3-24)31-18/h4-18,24-29H,1-3,19-23H2/t4?,5?,6?,7?,8?,9-,10-,11+,12?,13-,14-,15?,16+,17+,18-/m0/s1. The fourth-order valence-corrected chi connectivity index (χ4v) is 4.45. The van der Waals surface area contributed by atoms with Gasteiger partial charge < -0.3 is 78.3 Å². The van der Waals surface area contributed by atoms with Crippen molar-refractivity contribution in [2.24, 2.45) is 28.7 Å². The highest BCUT2D eigenvalue weighted by Gasteiger charge is 2.51. The Bertz CT molecular complexity index is 585. The molecule has 1 aliphatic carbocycles. The molecular formula is C18H37N5O10. The van der Waals surface area contributed by atoms with Crippen LogP contribution in [0.25, 0.3) is 0 Å². The molecule has 2 saturated heterocycles. The lowest BCUT2D eigenvalue weighted by Crippen LogP contribution is -2.69. The summed E-state index contributed by atoms with van der Waals surface area (Å²) in [5.74, 6) is 0. The van der Waals surface area contributed by atoms with E-state index in [1.807, 2.05) is 0 Å². The second-order valence-corrected chi connectivity index (χ2v) is 8.88. The van der Waals surface area contributed by atoms with Gasteiger partial charge in [-0.25, -0.2) is 0 Å². The van der Waals surface area contributed by atoms with Crippen LogP contribution >= 0.6 is 0 Å². The van der Waals surface area contributed by atoms with Gasteiger partial charge in [0.25, 0.3) is 0 Å². The van der Waals surface area contributed by atoms with Crippen LogP contribution in [-0.2, 0) is 18.9 Å². The molecule has 2 heterocycles. The maximum Gasteiger partial charge on any atom is 0.186 e. The summed E-state index contributed by atoms with van der Waals surface area (Å²) in [5, 5.41) is 60.9. The highest BCUT2D eigenvalue weighted by molar-refractivity contribution is 5.01. The smallest absolute Gasteiger partial charge is 0.186 e. The monoisotopic (exact) mass is 483 g/mol. The average Bonchev–Trinajstić information content (AvgIpc) is 2.79. The van der Waals surface area contributed by atoms with E-state index >= 15 is 0 Å². The number of hydrogen-bond acceptors (Lipinski definition) is 15. The van der Waals surface area contributed by atoms with E-state index in [9.17, 15) is 30.6 Å². The highest BCUT2D eigenvalue weighted by atomic mass is 16.7. The molecule has 15 heteroatoms. The van der Waals surface area contributed by atoms with Crippen molar-refractivity contribution in [2.45, 2.75) is 98.1 Å². The second-order valence-electron chi connectivity index (χ2n) is 8.88. The molecule has 15 nitrogen and oxygen atoms in total. The molecule has 16 N–H and O–H groups in total. The van der Waals surface area contributed by atoms with E-state index in [-0.39, 0.29) is 13.0 Å². The Kier molecular flexibility index (Phi) is 8.99. The Labute approximate surface area is 190 Å². The topological polar surface area (TPSA) is 288 Å². The molecule has 194 valence electrons. The number of hydrogen-bond donors (Lipinski definition) is 11. The summed E-state index contributed by atoms with van der Waals surface area (Å²) >= 11 is 0. The van der Waals surface area contributed by atoms with Crippen LogP contribution in [0.15, 0.2) is 0 Å². The third-order valence-corrected chi connectivity index (χ3v) is 6.56. The van der Waals surface area contributed by atoms with Crippen LogP contribution in [0.5, 0.6) is 0 Å². The van der Waals surface area contributed by atoms with E-state index in [2.05, 4.69) is 0 Å². The van der Waals surface area contributed by atoms with Crippen molar-refractivity contribution in [1.82, 2.24) is 0 Å². The van der Waals surface area contributed by atoms with Crippen LogP contribution < -0.4 is 28.7 Å². The first-order chi connectivity index (χ1) is 15.5. The zero-order chi connectivity index (χ0) is 24.6. The molecule has 0 aromatic heterocycles. The lowest BCUT2D eigenvalue weighted by Gasteiger charge is -2.48. The lowest BCUT2D eigenvalue weighted by atomic mass is 9.84. The Balaban J connectivity index is 1.72. The molecule has 3 aliphatic rings. The highest BCUT2D eigenvalue weighted by Crippen LogP contribution is 2.30. The van der Waals surface area contributed by atoms with Crippen molar-refractivity contribution in [3.63, 3.8) is 0 Å². The van der Waals surface area contributed by atoms with Crippen LogP contribution in [0.2, 0.25) is 0 Å². The Morgan fingerprint density at radius 1 is 0.667 bits per heavy atom. The molecule has 2 aliphatic heterocycles. The van der Waals surface area contributed by atoms with Gasteiger partial charge in [0.05, 0.1) is 18.7 Å². The van der Waals surface area contributed by atoms with Crippen LogP contribution in [0.4, 0.5) is 0 Å². The van der Waals surface area contributed by atoms with Gasteiger partial charge in [-0.3, -0.25) is 0 Å². The van der Waals surface area contributed by atoms with E-state index in [4.69, 9.17) is 47.6 Å². The van der Waals surface area contributed by atoms with Crippen molar-refractivity contribution in [3.8, 4) is 0 Å². The number of aliphatic hydroxyl groups is 6. The van der Waals surface area contributed by atoms with Crippen molar-refractivity contribution < 1.29 is 49.6 Å². The van der Waals surface area contributed by atoms with Crippen LogP contribution in [0, 0.1) is 0 Å². The summed E-state index contributed by atoms with van der Waals surface area (Å²) in [7, 11) is 0. The van der Waals surface area contributed by atoms with Crippen LogP contribution in [0.1, 0.15) is 6.42 Å². The van der Waals surface area contributed by atoms with Gasteiger partial charge in [0.2, 0.25) is 0 Å². The van der Waals surface area contributed by atoms with Gasteiger partial charge in [-0.05, 0) is 6.42 Å². The van der Waals surface area contributed by atoms with E-state index in [0.717, 1.165) is 0 Å². The largest absolute Gasteiger partial charge is 0.394 e. The third-order valence-electron chi connectivity index (χ3n) is 6.56. The van der Waals surface area contributed by atoms with Gasteiger partial charge in [-0.15, -0.1) is 0 Å². The van der Waals surface area contributed by atoms with Crippen molar-refractivity contribution in [2.75, 3.05) is 13.2 Å². The third kappa shape index (κ3) is 5.32. The molecule has 0 aromatic rings. The quantitative estimate of drug-likeness (QED) is 0.167. The lowest BCUT2D eigenvalue weighted by molar-refractivity contribution is -0.318. The molecule has 0 amide bonds. The first-order valence-corrected chi connectivity index (χ1v) is 10.9. The van der Waals surface area contributed by atoms with Gasteiger partial charge in [-0.2, -0.15) is 0 Å². The fourth-order valence-electron chi connectivity index (χ4n) is 4.45. The summed E-state index contributed by atoms with van der Waals surface area (Å²) in [6.07, 6.45) is -13.9. The van der Waals surface area contributed by atoms with Crippen molar-refractivity contribution in [3.05, 3.63) is 0 Å². The molecule has 0 bridgehead atoms. The first-order valence-electron chi connectivity index (χ1n) is 10.9. The van der Waals surface area contributed by atoms with Gasteiger partial charge >= 0.3 is 0 Å². The minimum absolute atomic E-state index is 0.115. The zero-order valence-electron chi connectivity index (χ0n) is 18.0. The number of rotatable bonds is 6. The Morgan fingerprint density at radius 3 is 1.76 bits per heavy atom. The number of nitrogens with two attached hydrogens (primary N) is 5. The van der Waals surface area contributed by atoms with E-state index in [1.165, 1.54) is 0 Å². The molecule has 15 atom stereocenters. The molecule has 0 radical (unpaired) electrons. The molecule has 3 fully saturated rings. The van der Waals surface area contributed by atoms with E-state index in [1.54, 1.807) is 0 Å². The molecule has 0 aromatic carbocycles. The van der Waals surface area contributed by atoms with Gasteiger partial charge in [0.1, 0.15) is 54.9 Å². The van der Waals surface area contributed by atoms with Crippen molar-refractivity contribution in [1.29, 1.82) is 0 Å². The minimum atomic E-state index is -1.48. The van der Waals surface area contributed by atoms with Gasteiger partial charge in [-0.1, -0.05) is 0 Å². The zero-order valence-corrected chi connectivity index (χ0v) is 18.0. The van der Waals surface area contributed by atoms with Crippen molar-refractivity contribution >= 4 is 0 Å². The molecule has 0 spiro atoms. The molecular weight excluding hydrogens is 446 g/mol.